The van der Waals surface area contributed by atoms with E-state index in [2.05, 4.69) is 28.3 Å². The van der Waals surface area contributed by atoms with E-state index in [-0.39, 0.29) is 23.4 Å². The van der Waals surface area contributed by atoms with E-state index in [1.807, 2.05) is 30.5 Å². The van der Waals surface area contributed by atoms with Crippen LogP contribution in [0.3, 0.4) is 0 Å². The molecule has 3 heterocycles. The predicted molar refractivity (Wildman–Crippen MR) is 135 cm³/mol. The van der Waals surface area contributed by atoms with Gasteiger partial charge in [-0.25, -0.2) is 0 Å². The molecule has 0 spiro atoms. The number of carbonyl (C=O) groups is 1. The van der Waals surface area contributed by atoms with Gasteiger partial charge in [0.1, 0.15) is 5.82 Å². The summed E-state index contributed by atoms with van der Waals surface area (Å²) in [4.78, 5) is 28.9. The maximum atomic E-state index is 13.1. The Morgan fingerprint density at radius 1 is 1.30 bits per heavy atom. The van der Waals surface area contributed by atoms with Crippen molar-refractivity contribution in [2.75, 3.05) is 18.0 Å². The number of hydrogen-bond donors (Lipinski definition) is 1. The number of halogens is 1. The van der Waals surface area contributed by atoms with Gasteiger partial charge >= 0.3 is 0 Å². The average Bonchev–Trinajstić information content (AvgIpc) is 3.36. The fourth-order valence-electron chi connectivity index (χ4n) is 4.22. The van der Waals surface area contributed by atoms with Crippen LogP contribution >= 0.6 is 22.9 Å². The van der Waals surface area contributed by atoms with Crippen molar-refractivity contribution in [3.8, 4) is 5.69 Å². The monoisotopic (exact) mass is 484 g/mol. The average molecular weight is 485 g/mol. The Bertz CT molecular complexity index is 1160. The summed E-state index contributed by atoms with van der Waals surface area (Å²) in [6, 6.07) is 12.9. The lowest BCUT2D eigenvalue weighted by Gasteiger charge is -2.33. The highest BCUT2D eigenvalue weighted by atomic mass is 35.5. The summed E-state index contributed by atoms with van der Waals surface area (Å²) >= 11 is 7.94. The molecule has 8 heteroatoms. The molecule has 1 aliphatic rings. The molecule has 1 N–H and O–H groups in total. The van der Waals surface area contributed by atoms with Crippen molar-refractivity contribution in [3.05, 3.63) is 73.7 Å². The first kappa shape index (κ1) is 23.5. The molecule has 1 saturated heterocycles. The number of amides is 1. The number of hydrogen-bond acceptors (Lipinski definition) is 5. The van der Waals surface area contributed by atoms with Gasteiger partial charge < -0.3 is 10.2 Å². The Hall–Kier alpha value is -2.64. The molecule has 1 amide bonds. The highest BCUT2D eigenvalue weighted by Crippen LogP contribution is 2.26. The van der Waals surface area contributed by atoms with Gasteiger partial charge in [0.25, 0.3) is 5.56 Å². The van der Waals surface area contributed by atoms with Crippen molar-refractivity contribution in [2.45, 2.75) is 45.6 Å². The second kappa shape index (κ2) is 10.5. The van der Waals surface area contributed by atoms with Gasteiger partial charge in [-0.05, 0) is 61.4 Å². The number of benzene rings is 1. The summed E-state index contributed by atoms with van der Waals surface area (Å²) in [5, 5.41) is 10.5. The summed E-state index contributed by atoms with van der Waals surface area (Å²) < 4.78 is 1.37. The lowest BCUT2D eigenvalue weighted by molar-refractivity contribution is -0.126. The maximum absolute atomic E-state index is 13.1. The third-order valence-electron chi connectivity index (χ3n) is 6.08. The molecule has 6 nitrogen and oxygen atoms in total. The number of nitrogens with zero attached hydrogens (tertiary/aromatic N) is 3. The molecule has 4 rings (SSSR count). The van der Waals surface area contributed by atoms with Crippen LogP contribution < -0.4 is 15.8 Å². The van der Waals surface area contributed by atoms with Crippen molar-refractivity contribution in [3.63, 3.8) is 0 Å². The van der Waals surface area contributed by atoms with Crippen molar-refractivity contribution in [1.29, 1.82) is 0 Å². The van der Waals surface area contributed by atoms with Crippen LogP contribution in [0.4, 0.5) is 5.82 Å². The molecule has 3 aromatic rings. The topological polar surface area (TPSA) is 67.2 Å². The van der Waals surface area contributed by atoms with Gasteiger partial charge in [-0.2, -0.15) is 4.68 Å². The van der Waals surface area contributed by atoms with Gasteiger partial charge in [-0.3, -0.25) is 9.59 Å². The fourth-order valence-corrected chi connectivity index (χ4v) is 5.21. The zero-order valence-corrected chi connectivity index (χ0v) is 20.5. The number of anilines is 1. The number of rotatable bonds is 7. The summed E-state index contributed by atoms with van der Waals surface area (Å²) in [6.07, 6.45) is 3.67. The largest absolute Gasteiger partial charge is 0.354 e. The van der Waals surface area contributed by atoms with E-state index in [1.54, 1.807) is 23.5 Å². The Labute approximate surface area is 203 Å². The van der Waals surface area contributed by atoms with Crippen LogP contribution in [-0.4, -0.2) is 28.8 Å². The van der Waals surface area contributed by atoms with Gasteiger partial charge in [0.05, 0.1) is 17.6 Å². The van der Waals surface area contributed by atoms with E-state index in [9.17, 15) is 9.59 Å². The number of thiophene rings is 1. The van der Waals surface area contributed by atoms with Gasteiger partial charge in [0.2, 0.25) is 5.91 Å². The molecule has 0 aliphatic carbocycles. The van der Waals surface area contributed by atoms with E-state index < -0.39 is 0 Å². The zero-order valence-electron chi connectivity index (χ0n) is 19.0. The molecule has 2 aromatic heterocycles. The standard InChI is InChI=1S/C25H29ClN4O2S/c1-3-6-21(22-8-5-14-33-22)27-25(32)18-7-4-13-29(16-18)23-11-12-24(31)30(28-23)19-10-9-17(2)20(26)15-19/h5,8-12,14-15,18,21H,3-4,6-7,13,16H2,1-2H3,(H,27,32)/t18-,21-/m1/s1. The summed E-state index contributed by atoms with van der Waals surface area (Å²) in [5.41, 5.74) is 1.35. The second-order valence-corrected chi connectivity index (χ2v) is 9.91. The minimum absolute atomic E-state index is 0.0594. The van der Waals surface area contributed by atoms with Crippen LogP contribution in [0.5, 0.6) is 0 Å². The minimum Gasteiger partial charge on any atom is -0.354 e. The van der Waals surface area contributed by atoms with E-state index in [1.165, 1.54) is 15.6 Å². The SMILES string of the molecule is CCC[C@@H](NC(=O)[C@@H]1CCCN(c2ccc(=O)n(-c3ccc(C)c(Cl)c3)n2)C1)c1cccs1. The molecule has 0 bridgehead atoms. The lowest BCUT2D eigenvalue weighted by Crippen LogP contribution is -2.44. The molecular weight excluding hydrogens is 456 g/mol. The van der Waals surface area contributed by atoms with Crippen LogP contribution in [0.25, 0.3) is 5.69 Å². The predicted octanol–water partition coefficient (Wildman–Crippen LogP) is 5.13. The van der Waals surface area contributed by atoms with Gasteiger partial charge in [0, 0.05) is 29.1 Å². The molecule has 33 heavy (non-hydrogen) atoms. The summed E-state index contributed by atoms with van der Waals surface area (Å²) in [7, 11) is 0. The highest BCUT2D eigenvalue weighted by Gasteiger charge is 2.28. The van der Waals surface area contributed by atoms with Crippen molar-refractivity contribution < 1.29 is 4.79 Å². The Balaban J connectivity index is 1.50. The molecule has 2 atom stereocenters. The van der Waals surface area contributed by atoms with Gasteiger partial charge in [-0.15, -0.1) is 16.4 Å². The molecule has 1 aromatic carbocycles. The Kier molecular flexibility index (Phi) is 7.50. The van der Waals surface area contributed by atoms with E-state index in [0.717, 1.165) is 37.8 Å². The van der Waals surface area contributed by atoms with E-state index in [4.69, 9.17) is 11.6 Å². The van der Waals surface area contributed by atoms with Crippen molar-refractivity contribution >= 4 is 34.7 Å². The Morgan fingerprint density at radius 3 is 2.88 bits per heavy atom. The number of carbonyl (C=O) groups excluding carboxylic acids is 1. The highest BCUT2D eigenvalue weighted by molar-refractivity contribution is 7.10. The van der Waals surface area contributed by atoms with Crippen LogP contribution in [0.15, 0.2) is 52.6 Å². The molecule has 1 aliphatic heterocycles. The number of aromatic nitrogens is 2. The quantitative estimate of drug-likeness (QED) is 0.504. The van der Waals surface area contributed by atoms with E-state index in [0.29, 0.717) is 23.1 Å². The molecule has 1 fully saturated rings. The van der Waals surface area contributed by atoms with Crippen LogP contribution in [0.2, 0.25) is 5.02 Å². The summed E-state index contributed by atoms with van der Waals surface area (Å²) in [6.45, 7) is 5.43. The van der Waals surface area contributed by atoms with Crippen molar-refractivity contribution in [1.82, 2.24) is 15.1 Å². The van der Waals surface area contributed by atoms with Crippen LogP contribution in [-0.2, 0) is 4.79 Å². The Morgan fingerprint density at radius 2 is 2.15 bits per heavy atom. The molecule has 0 saturated carbocycles. The number of nitrogens with one attached hydrogen (secondary N) is 1. The minimum atomic E-state index is -0.219. The maximum Gasteiger partial charge on any atom is 0.271 e. The zero-order chi connectivity index (χ0) is 23.4. The lowest BCUT2D eigenvalue weighted by atomic mass is 9.96. The van der Waals surface area contributed by atoms with Crippen LogP contribution in [0.1, 0.15) is 49.1 Å². The summed E-state index contributed by atoms with van der Waals surface area (Å²) in [5.74, 6) is 0.659. The first-order chi connectivity index (χ1) is 16.0. The number of piperidine rings is 1. The normalized spacial score (nSPS) is 17.1. The third kappa shape index (κ3) is 5.47. The molecule has 0 unspecified atom stereocenters. The van der Waals surface area contributed by atoms with E-state index >= 15 is 0 Å². The van der Waals surface area contributed by atoms with Crippen LogP contribution in [0, 0.1) is 12.8 Å². The first-order valence-electron chi connectivity index (χ1n) is 11.4. The smallest absolute Gasteiger partial charge is 0.271 e. The molecular formula is C25H29ClN4O2S. The van der Waals surface area contributed by atoms with Gasteiger partial charge in [-0.1, -0.05) is 37.1 Å². The third-order valence-corrected chi connectivity index (χ3v) is 7.48. The van der Waals surface area contributed by atoms with Crippen molar-refractivity contribution in [2.24, 2.45) is 5.92 Å². The second-order valence-electron chi connectivity index (χ2n) is 8.53. The molecule has 0 radical (unpaired) electrons. The fraction of sp³-hybridized carbons (Fsp3) is 0.400. The first-order valence-corrected chi connectivity index (χ1v) is 12.7. The van der Waals surface area contributed by atoms with Gasteiger partial charge in [0.15, 0.2) is 0 Å². The molecule has 174 valence electrons. The number of aryl methyl sites for hydroxylation is 1.